The van der Waals surface area contributed by atoms with E-state index in [0.717, 1.165) is 28.4 Å². The van der Waals surface area contributed by atoms with E-state index in [4.69, 9.17) is 9.47 Å². The Balaban J connectivity index is 1.35. The van der Waals surface area contributed by atoms with E-state index in [1.807, 2.05) is 18.2 Å². The van der Waals surface area contributed by atoms with Crippen molar-refractivity contribution in [3.05, 3.63) is 83.2 Å². The average molecular weight is 486 g/mol. The molecule has 1 aliphatic rings. The second-order valence-electron chi connectivity index (χ2n) is 7.64. The first-order chi connectivity index (χ1) is 16.0. The molecule has 0 saturated carbocycles. The van der Waals surface area contributed by atoms with Gasteiger partial charge in [0.2, 0.25) is 10.0 Å². The molecule has 1 aliphatic heterocycles. The molecule has 4 aromatic rings. The summed E-state index contributed by atoms with van der Waals surface area (Å²) in [5.74, 6) is 0.346. The van der Waals surface area contributed by atoms with E-state index in [0.29, 0.717) is 23.4 Å². The van der Waals surface area contributed by atoms with Crippen LogP contribution in [-0.2, 0) is 34.5 Å². The summed E-state index contributed by atoms with van der Waals surface area (Å²) in [4.78, 5) is 0.145. The Morgan fingerprint density at radius 1 is 1.03 bits per heavy atom. The third kappa shape index (κ3) is 4.60. The molecule has 0 fully saturated rings. The van der Waals surface area contributed by atoms with Gasteiger partial charge >= 0.3 is 0 Å². The highest BCUT2D eigenvalue weighted by Crippen LogP contribution is 2.30. The van der Waals surface area contributed by atoms with Crippen LogP contribution in [0, 0.1) is 5.82 Å². The highest BCUT2D eigenvalue weighted by Gasteiger charge is 2.30. The second-order valence-corrected chi connectivity index (χ2v) is 10.1. The van der Waals surface area contributed by atoms with Gasteiger partial charge in [-0.15, -0.1) is 0 Å². The minimum absolute atomic E-state index is 0.145. The molecular weight excluding hydrogens is 465 g/mol. The Hall–Kier alpha value is -2.92. The van der Waals surface area contributed by atoms with Crippen molar-refractivity contribution >= 4 is 32.8 Å². The predicted molar refractivity (Wildman–Crippen MR) is 122 cm³/mol. The van der Waals surface area contributed by atoms with E-state index in [1.165, 1.54) is 16.4 Å². The summed E-state index contributed by atoms with van der Waals surface area (Å²) in [5.41, 5.74) is 3.32. The monoisotopic (exact) mass is 485 g/mol. The maximum Gasteiger partial charge on any atom is 0.245 e. The zero-order chi connectivity index (χ0) is 22.8. The fourth-order valence-electron chi connectivity index (χ4n) is 3.76. The number of aromatic nitrogens is 2. The topological polar surface area (TPSA) is 81.6 Å². The lowest BCUT2D eigenvalue weighted by Crippen LogP contribution is -2.32. The minimum Gasteiger partial charge on any atom is -0.492 e. The van der Waals surface area contributed by atoms with E-state index in [1.54, 1.807) is 30.3 Å². The zero-order valence-corrected chi connectivity index (χ0v) is 19.1. The van der Waals surface area contributed by atoms with Gasteiger partial charge in [-0.25, -0.2) is 12.8 Å². The van der Waals surface area contributed by atoms with E-state index >= 15 is 0 Å². The van der Waals surface area contributed by atoms with Crippen LogP contribution >= 0.6 is 11.7 Å². The van der Waals surface area contributed by atoms with E-state index < -0.39 is 10.0 Å². The molecule has 2 heterocycles. The summed E-state index contributed by atoms with van der Waals surface area (Å²) >= 11 is 0.989. The molecule has 0 saturated heterocycles. The fraction of sp³-hybridized carbons (Fsp3) is 0.217. The maximum atomic E-state index is 13.5. The number of hydrogen-bond acceptors (Lipinski definition) is 7. The molecule has 0 radical (unpaired) electrons. The van der Waals surface area contributed by atoms with Crippen molar-refractivity contribution < 1.29 is 22.3 Å². The Bertz CT molecular complexity index is 1410. The molecule has 0 amide bonds. The molecule has 0 spiro atoms. The number of benzene rings is 3. The average Bonchev–Trinajstić information content (AvgIpc) is 3.18. The standard InChI is InChI=1S/C23H20FN3O4S2/c24-19-4-1-3-16(12-19)14-30-15-17-7-8-21-18(11-17)13-27(9-10-31-21)33(28,29)22-6-2-5-20-23(22)26-32-25-20/h1-8,11-12H,9-10,13-15H2. The lowest BCUT2D eigenvalue weighted by atomic mass is 10.1. The SMILES string of the molecule is O=S(=O)(c1cccc2nsnc12)N1CCOc2ccc(COCc3cccc(F)c3)cc2C1. The molecule has 0 bridgehead atoms. The first kappa shape index (κ1) is 21.9. The van der Waals surface area contributed by atoms with Gasteiger partial charge in [0.1, 0.15) is 34.1 Å². The Labute approximate surface area is 194 Å². The molecule has 3 aromatic carbocycles. The number of nitrogens with zero attached hydrogens (tertiary/aromatic N) is 3. The van der Waals surface area contributed by atoms with Crippen LogP contribution in [0.2, 0.25) is 0 Å². The van der Waals surface area contributed by atoms with Crippen LogP contribution in [0.5, 0.6) is 5.75 Å². The quantitative estimate of drug-likeness (QED) is 0.409. The highest BCUT2D eigenvalue weighted by molar-refractivity contribution is 7.89. The lowest BCUT2D eigenvalue weighted by molar-refractivity contribution is 0.107. The predicted octanol–water partition coefficient (Wildman–Crippen LogP) is 4.13. The third-order valence-electron chi connectivity index (χ3n) is 5.36. The van der Waals surface area contributed by atoms with Gasteiger partial charge in [0, 0.05) is 18.7 Å². The summed E-state index contributed by atoms with van der Waals surface area (Å²) in [6, 6.07) is 16.9. The first-order valence-electron chi connectivity index (χ1n) is 10.3. The maximum absolute atomic E-state index is 13.5. The lowest BCUT2D eigenvalue weighted by Gasteiger charge is -2.20. The largest absolute Gasteiger partial charge is 0.492 e. The van der Waals surface area contributed by atoms with Crippen LogP contribution in [0.3, 0.4) is 0 Å². The Kier molecular flexibility index (Phi) is 6.07. The molecule has 10 heteroatoms. The second kappa shape index (κ2) is 9.14. The van der Waals surface area contributed by atoms with Gasteiger partial charge in [0.05, 0.1) is 24.9 Å². The van der Waals surface area contributed by atoms with Gasteiger partial charge < -0.3 is 9.47 Å². The van der Waals surface area contributed by atoms with Crippen molar-refractivity contribution in [2.45, 2.75) is 24.7 Å². The van der Waals surface area contributed by atoms with Gasteiger partial charge in [-0.3, -0.25) is 0 Å². The van der Waals surface area contributed by atoms with Gasteiger partial charge in [-0.1, -0.05) is 24.3 Å². The van der Waals surface area contributed by atoms with Crippen molar-refractivity contribution in [1.29, 1.82) is 0 Å². The smallest absolute Gasteiger partial charge is 0.245 e. The van der Waals surface area contributed by atoms with Gasteiger partial charge in [0.15, 0.2) is 0 Å². The van der Waals surface area contributed by atoms with E-state index in [2.05, 4.69) is 8.75 Å². The fourth-order valence-corrected chi connectivity index (χ4v) is 5.92. The number of hydrogen-bond donors (Lipinski definition) is 0. The third-order valence-corrected chi connectivity index (χ3v) is 7.78. The summed E-state index contributed by atoms with van der Waals surface area (Å²) in [6.45, 7) is 1.21. The van der Waals surface area contributed by atoms with Crippen LogP contribution in [0.15, 0.2) is 65.6 Å². The molecule has 0 atom stereocenters. The van der Waals surface area contributed by atoms with Gasteiger partial charge in [-0.05, 0) is 47.5 Å². The van der Waals surface area contributed by atoms with Crippen molar-refractivity contribution in [3.8, 4) is 5.75 Å². The first-order valence-corrected chi connectivity index (χ1v) is 12.5. The molecule has 5 rings (SSSR count). The molecule has 170 valence electrons. The van der Waals surface area contributed by atoms with Crippen LogP contribution < -0.4 is 4.74 Å². The summed E-state index contributed by atoms with van der Waals surface area (Å²) in [7, 11) is -3.80. The van der Waals surface area contributed by atoms with Crippen molar-refractivity contribution in [1.82, 2.24) is 13.1 Å². The number of fused-ring (bicyclic) bond motifs is 2. The Morgan fingerprint density at radius 3 is 2.70 bits per heavy atom. The molecule has 0 unspecified atom stereocenters. The molecule has 0 N–H and O–H groups in total. The molecular formula is C23H20FN3O4S2. The number of sulfonamides is 1. The minimum atomic E-state index is -3.80. The van der Waals surface area contributed by atoms with E-state index in [-0.39, 0.29) is 37.0 Å². The van der Waals surface area contributed by atoms with Crippen molar-refractivity contribution in [2.75, 3.05) is 13.2 Å². The molecule has 7 nitrogen and oxygen atoms in total. The zero-order valence-electron chi connectivity index (χ0n) is 17.5. The van der Waals surface area contributed by atoms with Crippen LogP contribution in [0.1, 0.15) is 16.7 Å². The number of halogens is 1. The van der Waals surface area contributed by atoms with Gasteiger partial charge in [-0.2, -0.15) is 13.1 Å². The van der Waals surface area contributed by atoms with Crippen LogP contribution in [0.25, 0.3) is 11.0 Å². The normalized spacial score (nSPS) is 14.6. The molecule has 33 heavy (non-hydrogen) atoms. The molecule has 0 aliphatic carbocycles. The number of rotatable bonds is 6. The Morgan fingerprint density at radius 2 is 1.85 bits per heavy atom. The van der Waals surface area contributed by atoms with Crippen molar-refractivity contribution in [2.24, 2.45) is 0 Å². The molecule has 1 aromatic heterocycles. The highest BCUT2D eigenvalue weighted by atomic mass is 32.2. The van der Waals surface area contributed by atoms with Gasteiger partial charge in [0.25, 0.3) is 0 Å². The van der Waals surface area contributed by atoms with Crippen LogP contribution in [0.4, 0.5) is 4.39 Å². The van der Waals surface area contributed by atoms with E-state index in [9.17, 15) is 12.8 Å². The number of ether oxygens (including phenoxy) is 2. The van der Waals surface area contributed by atoms with Crippen LogP contribution in [-0.4, -0.2) is 34.6 Å². The summed E-state index contributed by atoms with van der Waals surface area (Å²) in [6.07, 6.45) is 0. The summed E-state index contributed by atoms with van der Waals surface area (Å²) < 4.78 is 61.5. The summed E-state index contributed by atoms with van der Waals surface area (Å²) in [5, 5.41) is 0. The van der Waals surface area contributed by atoms with Crippen molar-refractivity contribution in [3.63, 3.8) is 0 Å².